The van der Waals surface area contributed by atoms with Crippen molar-refractivity contribution in [1.29, 1.82) is 0 Å². The smallest absolute Gasteiger partial charge is 0.224 e. The molecule has 0 amide bonds. The molecule has 29 heavy (non-hydrogen) atoms. The Morgan fingerprint density at radius 2 is 1.93 bits per heavy atom. The van der Waals surface area contributed by atoms with E-state index in [9.17, 15) is 17.6 Å². The first-order valence-corrected chi connectivity index (χ1v) is 11.7. The van der Waals surface area contributed by atoms with Crippen molar-refractivity contribution in [2.24, 2.45) is 0 Å². The Bertz CT molecular complexity index is 1150. The second-order valence-electron chi connectivity index (χ2n) is 6.98. The number of rotatable bonds is 5. The van der Waals surface area contributed by atoms with Gasteiger partial charge in [-0.1, -0.05) is 0 Å². The van der Waals surface area contributed by atoms with Crippen molar-refractivity contribution in [2.45, 2.75) is 18.9 Å². The maximum absolute atomic E-state index is 13.1. The van der Waals surface area contributed by atoms with Gasteiger partial charge in [-0.05, 0) is 43.2 Å². The summed E-state index contributed by atoms with van der Waals surface area (Å²) in [6.45, 7) is 0.933. The fourth-order valence-electron chi connectivity index (χ4n) is 3.27. The number of carbonyl (C=O) groups excluding carboxylic acids is 1. The summed E-state index contributed by atoms with van der Waals surface area (Å²) in [6, 6.07) is 7.27. The van der Waals surface area contributed by atoms with E-state index >= 15 is 0 Å². The van der Waals surface area contributed by atoms with Gasteiger partial charge in [-0.15, -0.1) is 11.3 Å². The zero-order chi connectivity index (χ0) is 20.6. The maximum Gasteiger partial charge on any atom is 0.224 e. The Kier molecular flexibility index (Phi) is 5.32. The molecule has 4 rings (SSSR count). The van der Waals surface area contributed by atoms with Gasteiger partial charge in [-0.3, -0.25) is 4.79 Å². The van der Waals surface area contributed by atoms with Crippen LogP contribution in [0.5, 0.6) is 0 Å². The van der Waals surface area contributed by atoms with Crippen LogP contribution in [0.25, 0.3) is 10.2 Å². The summed E-state index contributed by atoms with van der Waals surface area (Å²) in [5.74, 6) is -0.115. The molecular formula is C19H19FN4O3S2. The first kappa shape index (κ1) is 19.9. The fraction of sp³-hybridized carbons (Fsp3) is 0.316. The van der Waals surface area contributed by atoms with Crippen molar-refractivity contribution in [3.05, 3.63) is 52.8 Å². The highest BCUT2D eigenvalue weighted by Crippen LogP contribution is 2.27. The number of fused-ring (bicyclic) bond motifs is 1. The van der Waals surface area contributed by atoms with E-state index in [1.165, 1.54) is 46.2 Å². The lowest BCUT2D eigenvalue weighted by Crippen LogP contribution is -2.42. The minimum atomic E-state index is -3.16. The Labute approximate surface area is 171 Å². The van der Waals surface area contributed by atoms with Crippen LogP contribution in [-0.4, -0.2) is 53.9 Å². The van der Waals surface area contributed by atoms with Crippen molar-refractivity contribution in [2.75, 3.05) is 24.7 Å². The topological polar surface area (TPSA) is 92.3 Å². The van der Waals surface area contributed by atoms with E-state index in [4.69, 9.17) is 0 Å². The van der Waals surface area contributed by atoms with Crippen LogP contribution in [0.3, 0.4) is 0 Å². The minimum Gasteiger partial charge on any atom is -0.351 e. The minimum absolute atomic E-state index is 0.0886. The zero-order valence-electron chi connectivity index (χ0n) is 15.6. The first-order valence-electron chi connectivity index (χ1n) is 9.08. The molecular weight excluding hydrogens is 415 g/mol. The molecule has 2 aromatic heterocycles. The number of thiophene rings is 1. The Hall–Kier alpha value is -2.43. The molecule has 1 aliphatic heterocycles. The number of aromatic nitrogens is 2. The summed E-state index contributed by atoms with van der Waals surface area (Å²) in [6.07, 6.45) is 4.23. The van der Waals surface area contributed by atoms with E-state index in [1.807, 2.05) is 0 Å². The van der Waals surface area contributed by atoms with Gasteiger partial charge in [-0.2, -0.15) is 0 Å². The molecule has 3 heterocycles. The van der Waals surface area contributed by atoms with Gasteiger partial charge in [0.25, 0.3) is 0 Å². The van der Waals surface area contributed by atoms with Gasteiger partial charge in [0.05, 0.1) is 11.1 Å². The van der Waals surface area contributed by atoms with Crippen molar-refractivity contribution in [3.8, 4) is 0 Å². The standard InChI is InChI=1S/C19H19FN4O3S2/c1-29(26,27)24-8-6-15(7-9-24)22-19-21-11-13-10-16(28-18(13)23-19)17(25)12-2-4-14(20)5-3-12/h2-5,10-11,15H,6-9H2,1H3,(H,21,22,23). The van der Waals surface area contributed by atoms with Crippen LogP contribution in [0.1, 0.15) is 28.1 Å². The van der Waals surface area contributed by atoms with Crippen LogP contribution in [0.4, 0.5) is 10.3 Å². The van der Waals surface area contributed by atoms with Crippen molar-refractivity contribution in [1.82, 2.24) is 14.3 Å². The molecule has 1 saturated heterocycles. The molecule has 10 heteroatoms. The molecule has 0 saturated carbocycles. The number of halogens is 1. The number of nitrogens with one attached hydrogen (secondary N) is 1. The maximum atomic E-state index is 13.1. The van der Waals surface area contributed by atoms with E-state index in [0.29, 0.717) is 47.2 Å². The van der Waals surface area contributed by atoms with E-state index < -0.39 is 10.0 Å². The van der Waals surface area contributed by atoms with Gasteiger partial charge in [0.15, 0.2) is 0 Å². The number of benzene rings is 1. The monoisotopic (exact) mass is 434 g/mol. The van der Waals surface area contributed by atoms with E-state index in [2.05, 4.69) is 15.3 Å². The number of hydrogen-bond donors (Lipinski definition) is 1. The SMILES string of the molecule is CS(=O)(=O)N1CCC(Nc2ncc3cc(C(=O)c4ccc(F)cc4)sc3n2)CC1. The van der Waals surface area contributed by atoms with Crippen molar-refractivity contribution >= 4 is 43.3 Å². The van der Waals surface area contributed by atoms with Crippen LogP contribution >= 0.6 is 11.3 Å². The van der Waals surface area contributed by atoms with Crippen molar-refractivity contribution in [3.63, 3.8) is 0 Å². The predicted octanol–water partition coefficient (Wildman–Crippen LogP) is 2.90. The van der Waals surface area contributed by atoms with Crippen LogP contribution in [0.15, 0.2) is 36.5 Å². The average Bonchev–Trinajstić information content (AvgIpc) is 3.11. The number of ketones is 1. The predicted molar refractivity (Wildman–Crippen MR) is 110 cm³/mol. The summed E-state index contributed by atoms with van der Waals surface area (Å²) < 4.78 is 37.8. The van der Waals surface area contributed by atoms with Gasteiger partial charge in [0.2, 0.25) is 21.8 Å². The zero-order valence-corrected chi connectivity index (χ0v) is 17.3. The molecule has 0 spiro atoms. The third-order valence-corrected chi connectivity index (χ3v) is 7.21. The lowest BCUT2D eigenvalue weighted by molar-refractivity contribution is 0.104. The van der Waals surface area contributed by atoms with E-state index in [-0.39, 0.29) is 17.6 Å². The highest BCUT2D eigenvalue weighted by molar-refractivity contribution is 7.88. The number of sulfonamides is 1. The molecule has 0 atom stereocenters. The molecule has 152 valence electrons. The van der Waals surface area contributed by atoms with Crippen LogP contribution in [-0.2, 0) is 10.0 Å². The second kappa shape index (κ2) is 7.77. The molecule has 0 radical (unpaired) electrons. The van der Waals surface area contributed by atoms with Crippen LogP contribution < -0.4 is 5.32 Å². The first-order chi connectivity index (χ1) is 13.8. The second-order valence-corrected chi connectivity index (χ2v) is 9.99. The summed E-state index contributed by atoms with van der Waals surface area (Å²) in [5, 5.41) is 4.02. The quantitative estimate of drug-likeness (QED) is 0.621. The molecule has 7 nitrogen and oxygen atoms in total. The summed E-state index contributed by atoms with van der Waals surface area (Å²) in [5.41, 5.74) is 0.418. The number of nitrogens with zero attached hydrogens (tertiary/aromatic N) is 3. The van der Waals surface area contributed by atoms with Gasteiger partial charge in [0, 0.05) is 36.3 Å². The summed E-state index contributed by atoms with van der Waals surface area (Å²) in [7, 11) is -3.16. The highest BCUT2D eigenvalue weighted by Gasteiger charge is 2.25. The lowest BCUT2D eigenvalue weighted by Gasteiger charge is -2.30. The van der Waals surface area contributed by atoms with Gasteiger partial charge >= 0.3 is 0 Å². The molecule has 0 aliphatic carbocycles. The van der Waals surface area contributed by atoms with E-state index in [1.54, 1.807) is 12.3 Å². The number of anilines is 1. The van der Waals surface area contributed by atoms with Gasteiger partial charge in [-0.25, -0.2) is 27.1 Å². The lowest BCUT2D eigenvalue weighted by atomic mass is 10.1. The fourth-order valence-corrected chi connectivity index (χ4v) is 5.11. The van der Waals surface area contributed by atoms with Crippen LogP contribution in [0.2, 0.25) is 0 Å². The molecule has 1 aromatic carbocycles. The van der Waals surface area contributed by atoms with Gasteiger partial charge in [0.1, 0.15) is 10.6 Å². The Morgan fingerprint density at radius 3 is 2.59 bits per heavy atom. The molecule has 1 aliphatic rings. The molecule has 0 unspecified atom stereocenters. The molecule has 1 fully saturated rings. The molecule has 1 N–H and O–H groups in total. The number of carbonyl (C=O) groups is 1. The largest absolute Gasteiger partial charge is 0.351 e. The highest BCUT2D eigenvalue weighted by atomic mass is 32.2. The third-order valence-electron chi connectivity index (χ3n) is 4.86. The molecule has 3 aromatic rings. The van der Waals surface area contributed by atoms with Crippen LogP contribution in [0, 0.1) is 5.82 Å². The Balaban J connectivity index is 1.47. The van der Waals surface area contributed by atoms with E-state index in [0.717, 1.165) is 5.39 Å². The van der Waals surface area contributed by atoms with Gasteiger partial charge < -0.3 is 5.32 Å². The van der Waals surface area contributed by atoms with Crippen molar-refractivity contribution < 1.29 is 17.6 Å². The summed E-state index contributed by atoms with van der Waals surface area (Å²) in [4.78, 5) is 22.6. The average molecular weight is 435 g/mol. The normalized spacial score (nSPS) is 16.2. The molecule has 0 bridgehead atoms. The number of hydrogen-bond acceptors (Lipinski definition) is 7. The number of piperidine rings is 1. The third kappa shape index (κ3) is 4.44. The summed E-state index contributed by atoms with van der Waals surface area (Å²) >= 11 is 1.26. The Morgan fingerprint density at radius 1 is 1.24 bits per heavy atom.